The predicted molar refractivity (Wildman–Crippen MR) is 529 cm³/mol. The molecule has 40 heteroatoms. The Morgan fingerprint density at radius 1 is 0.532 bits per heavy atom. The van der Waals surface area contributed by atoms with Gasteiger partial charge in [-0.3, -0.25) is 48.1 Å². The van der Waals surface area contributed by atoms with E-state index in [4.69, 9.17) is 57.8 Å². The second-order valence-corrected chi connectivity index (χ2v) is 40.3. The molecule has 1 aliphatic rings. The minimum absolute atomic E-state index is 0.0315. The monoisotopic (exact) mass is 2010 g/mol. The van der Waals surface area contributed by atoms with E-state index in [0.717, 1.165) is 11.1 Å². The van der Waals surface area contributed by atoms with Crippen LogP contribution < -0.4 is 43.0 Å². The third-order valence-corrected chi connectivity index (χ3v) is 28.0. The molecular formula is C101H151N11O27S2. The van der Waals surface area contributed by atoms with Gasteiger partial charge in [0.15, 0.2) is 25.5 Å². The summed E-state index contributed by atoms with van der Waals surface area (Å²) in [5.41, 5.74) is 8.71. The number of nitrogens with one attached hydrogen (secondary N) is 7. The number of methoxy groups -OCH3 is 2. The normalized spacial score (nSPS) is 15.2. The number of primary amides is 1. The van der Waals surface area contributed by atoms with Gasteiger partial charge < -0.3 is 110 Å². The zero-order chi connectivity index (χ0) is 104. The second-order valence-electron chi connectivity index (χ2n) is 36.2. The summed E-state index contributed by atoms with van der Waals surface area (Å²) < 4.78 is 116. The van der Waals surface area contributed by atoms with Gasteiger partial charge in [-0.2, -0.15) is 0 Å². The van der Waals surface area contributed by atoms with Crippen LogP contribution in [0.3, 0.4) is 0 Å². The van der Waals surface area contributed by atoms with Gasteiger partial charge in [0.25, 0.3) is 5.91 Å². The number of anilines is 1. The van der Waals surface area contributed by atoms with Gasteiger partial charge in [-0.1, -0.05) is 159 Å². The quantitative estimate of drug-likeness (QED) is 0.0134. The van der Waals surface area contributed by atoms with Gasteiger partial charge in [-0.05, 0) is 130 Å². The Morgan fingerprint density at radius 2 is 1.04 bits per heavy atom. The molecule has 1 heterocycles. The first kappa shape index (κ1) is 119. The van der Waals surface area contributed by atoms with Crippen LogP contribution in [0.15, 0.2) is 137 Å². The van der Waals surface area contributed by atoms with E-state index in [1.165, 1.54) is 74.7 Å². The summed E-state index contributed by atoms with van der Waals surface area (Å²) >= 11 is 0. The fourth-order valence-electron chi connectivity index (χ4n) is 16.1. The Hall–Kier alpha value is -10.5. The largest absolute Gasteiger partial charge is 0.445 e. The van der Waals surface area contributed by atoms with Crippen LogP contribution in [0.4, 0.5) is 15.3 Å². The van der Waals surface area contributed by atoms with E-state index in [1.807, 2.05) is 32.0 Å². The van der Waals surface area contributed by atoms with Crippen molar-refractivity contribution >= 4 is 90.5 Å². The maximum Gasteiger partial charge on any atom is 0.410 e. The number of likely N-dealkylation sites (N-methyl/N-ethyl adjacent to an activating group) is 2. The Kier molecular flexibility index (Phi) is 52.6. The molecule has 0 radical (unpaired) electrons. The first-order valence-corrected chi connectivity index (χ1v) is 51.5. The Labute approximate surface area is 830 Å². The number of ketones is 1. The topological polar surface area (TPSA) is 498 Å². The lowest BCUT2D eigenvalue weighted by molar-refractivity contribution is -0.148. The summed E-state index contributed by atoms with van der Waals surface area (Å²) in [6, 6.07) is 26.2. The van der Waals surface area contributed by atoms with E-state index >= 15 is 0 Å². The van der Waals surface area contributed by atoms with E-state index < -0.39 is 181 Å². The molecule has 5 aromatic carbocycles. The van der Waals surface area contributed by atoms with Crippen molar-refractivity contribution in [2.24, 2.45) is 41.2 Å². The Balaban J connectivity index is 0.819. The summed E-state index contributed by atoms with van der Waals surface area (Å²) in [7, 11) is -2.11. The molecule has 1 saturated heterocycles. The van der Waals surface area contributed by atoms with Crippen molar-refractivity contribution in [1.29, 1.82) is 0 Å². The molecule has 0 bridgehead atoms. The van der Waals surface area contributed by atoms with Crippen LogP contribution in [0.1, 0.15) is 157 Å². The Bertz CT molecular complexity index is 4850. The highest BCUT2D eigenvalue weighted by Crippen LogP contribution is 2.32. The van der Waals surface area contributed by atoms with Gasteiger partial charge in [0.1, 0.15) is 37.4 Å². The molecule has 10 N–H and O–H groups in total. The number of rotatable bonds is 67. The van der Waals surface area contributed by atoms with Crippen LogP contribution in [0.5, 0.6) is 0 Å². The molecule has 0 aromatic heterocycles. The number of aliphatic hydroxyl groups excluding tert-OH is 1. The van der Waals surface area contributed by atoms with Crippen molar-refractivity contribution in [2.75, 3.05) is 170 Å². The first-order valence-electron chi connectivity index (χ1n) is 48.2. The maximum absolute atomic E-state index is 14.9. The molecule has 6 rings (SSSR count). The number of urea groups is 1. The first-order chi connectivity index (χ1) is 67.1. The zero-order valence-electron chi connectivity index (χ0n) is 84.5. The summed E-state index contributed by atoms with van der Waals surface area (Å²) in [5, 5.41) is 30.3. The number of nitrogens with two attached hydrogens (primary N) is 1. The molecule has 1 fully saturated rings. The number of nitrogens with zero attached hydrogens (tertiary/aromatic N) is 3. The minimum atomic E-state index is -4.08. The summed E-state index contributed by atoms with van der Waals surface area (Å²) in [4.78, 5) is 155. The number of Topliss-reactive ketones (excluding diaryl/α,β-unsaturated/α-hetero) is 1. The summed E-state index contributed by atoms with van der Waals surface area (Å²) in [6.07, 6.45) is -1.24. The number of aryl methyl sites for hydroxylation is 2. The van der Waals surface area contributed by atoms with Gasteiger partial charge in [0, 0.05) is 64.8 Å². The lowest BCUT2D eigenvalue weighted by Gasteiger charge is -2.41. The fourth-order valence-corrected chi connectivity index (χ4v) is 19.4. The van der Waals surface area contributed by atoms with Crippen LogP contribution in [0.25, 0.3) is 0 Å². The van der Waals surface area contributed by atoms with Gasteiger partial charge in [-0.15, -0.1) is 0 Å². The zero-order valence-corrected chi connectivity index (χ0v) is 86.1. The standard InChI is InChI=1S/C101H151N11O27S2/c1-17-71(10)90(84(129-15)61-86(114)112-45-22-26-83(112)93(130-16)72(11)94(117)105-73(12)91(115)75-23-19-18-20-24-75)110(13)99(122)88(67(4)5)109-98(121)89(68(6)7)111(14)101(124)139-62-74-31-37-79(38-32-74)106-96(119)82(25-21-43-104-100(102)123)107-97(120)87(66(2)3)108-85(113)63-138-60-59-137-58-57-136-56-55-135-54-53-134-52-51-133-50-49-132-48-47-131-46-44-103-95(118)77-35-33-76(34-36-77)92(116)78(64-140(125,126)80-39-27-69(8)28-40-80)65-141(127,128)81-41-29-70(9)30-42-81/h18-20,23-24,27-42,66-68,71-73,78,82-84,87-91,93,115H,17,21-22,25-26,43-65H2,1-16H3,(H,103,118)(H,105,117)(H,106,119)(H,107,120)(H,108,113)(H,109,121)(H3,102,104,123)/t71-,72+,73+,82-,83-,84+,87-,88-,89-,90-,91+,93+/m0/s1. The van der Waals surface area contributed by atoms with Crippen molar-refractivity contribution in [3.8, 4) is 0 Å². The second kappa shape index (κ2) is 62.2. The number of aliphatic hydroxyl groups is 1. The van der Waals surface area contributed by atoms with E-state index in [2.05, 4.69) is 37.2 Å². The molecule has 0 spiro atoms. The van der Waals surface area contributed by atoms with Crippen LogP contribution >= 0.6 is 0 Å². The van der Waals surface area contributed by atoms with Crippen LogP contribution in [0.2, 0.25) is 0 Å². The molecule has 0 saturated carbocycles. The molecule has 38 nitrogen and oxygen atoms in total. The van der Waals surface area contributed by atoms with E-state index in [9.17, 15) is 74.7 Å². The third kappa shape index (κ3) is 40.3. The van der Waals surface area contributed by atoms with Gasteiger partial charge in [0.2, 0.25) is 41.4 Å². The Morgan fingerprint density at radius 3 is 1.52 bits per heavy atom. The molecule has 11 amide bonds. The molecule has 0 aliphatic carbocycles. The SMILES string of the molecule is CC[C@H](C)[C@@H]([C@@H](CC(=O)N1CCC[C@H]1[C@H](OC)[C@@H](C)C(=O)N[C@H](C)[C@@H](O)c1ccccc1)OC)N(C)C(=O)[C@@H](NC(=O)[C@H](C(C)C)N(C)C(=O)OCc1ccc(NC(=O)[C@H](CCCNC(N)=O)NC(=O)[C@@H](NC(=O)COCCOCCOCCOCCOCCOCCOCCOCCNC(=O)c2ccc(C(=O)C(CS(=O)(=O)c3ccc(C)cc3)CS(=O)(=O)c3ccc(C)cc3)cc2)C(C)C)cc1)C(C)C. The highest BCUT2D eigenvalue weighted by Gasteiger charge is 2.45. The average Bonchev–Trinajstić information content (AvgIpc) is 1.53. The lowest BCUT2D eigenvalue weighted by atomic mass is 9.89. The molecule has 0 unspecified atom stereocenters. The number of carbonyl (C=O) groups excluding carboxylic acids is 11. The van der Waals surface area contributed by atoms with Crippen molar-refractivity contribution in [3.05, 3.63) is 161 Å². The van der Waals surface area contributed by atoms with E-state index in [0.29, 0.717) is 95.5 Å². The number of ether oxygens (including phenoxy) is 11. The number of likely N-dealkylation sites (tertiary alicyclic amines) is 1. The highest BCUT2D eigenvalue weighted by atomic mass is 32.2. The van der Waals surface area contributed by atoms with Crippen molar-refractivity contribution in [1.82, 2.24) is 46.6 Å². The fraction of sp³-hybridized carbons (Fsp3) is 0.594. The molecule has 784 valence electrons. The molecular weight excluding hydrogens is 1860 g/mol. The van der Waals surface area contributed by atoms with Crippen molar-refractivity contribution < 1.29 is 127 Å². The predicted octanol–water partition coefficient (Wildman–Crippen LogP) is 7.52. The number of hydrogen-bond acceptors (Lipinski definition) is 27. The molecule has 1 aliphatic heterocycles. The summed E-state index contributed by atoms with van der Waals surface area (Å²) in [5.74, 6) is -9.79. The number of benzene rings is 5. The van der Waals surface area contributed by atoms with Crippen LogP contribution in [0, 0.1) is 49.4 Å². The lowest BCUT2D eigenvalue weighted by Crippen LogP contribution is -2.60. The molecule has 5 aromatic rings. The van der Waals surface area contributed by atoms with E-state index in [-0.39, 0.29) is 124 Å². The smallest absolute Gasteiger partial charge is 0.410 e. The third-order valence-electron chi connectivity index (χ3n) is 24.3. The average molecular weight is 2020 g/mol. The summed E-state index contributed by atoms with van der Waals surface area (Å²) in [6.45, 7) is 25.7. The van der Waals surface area contributed by atoms with Crippen LogP contribution in [-0.2, 0) is 112 Å². The minimum Gasteiger partial charge on any atom is -0.445 e. The van der Waals surface area contributed by atoms with Gasteiger partial charge in [0.05, 0.1) is 175 Å². The molecule has 141 heavy (non-hydrogen) atoms. The maximum atomic E-state index is 14.9. The number of sulfone groups is 2. The van der Waals surface area contributed by atoms with Gasteiger partial charge >= 0.3 is 12.1 Å². The highest BCUT2D eigenvalue weighted by molar-refractivity contribution is 7.92. The van der Waals surface area contributed by atoms with Crippen LogP contribution in [-0.4, -0.2) is 321 Å². The van der Waals surface area contributed by atoms with Crippen molar-refractivity contribution in [2.45, 2.75) is 199 Å². The van der Waals surface area contributed by atoms with Crippen molar-refractivity contribution in [3.63, 3.8) is 0 Å². The molecule has 12 atom stereocenters. The van der Waals surface area contributed by atoms with E-state index in [1.54, 1.807) is 147 Å². The number of carbonyl (C=O) groups is 11. The van der Waals surface area contributed by atoms with Gasteiger partial charge in [-0.25, -0.2) is 26.4 Å². The number of hydrogen-bond donors (Lipinski definition) is 9. The number of amides is 11.